The molecule has 2 heteroatoms. The number of rotatable bonds is 5. The van der Waals surface area contributed by atoms with Crippen molar-refractivity contribution < 1.29 is 0 Å². The molecule has 1 rings (SSSR count). The lowest BCUT2D eigenvalue weighted by atomic mass is 10.0. The molecule has 1 fully saturated rings. The summed E-state index contributed by atoms with van der Waals surface area (Å²) in [5.74, 6) is 1.65. The van der Waals surface area contributed by atoms with Gasteiger partial charge >= 0.3 is 0 Å². The second-order valence-electron chi connectivity index (χ2n) is 6.24. The SMILES string of the molecule is CCC1CCN(CCCC(C)C)CC(C)CN1. The predicted molar refractivity (Wildman–Crippen MR) is 76.4 cm³/mol. The minimum absolute atomic E-state index is 0.741. The van der Waals surface area contributed by atoms with Crippen molar-refractivity contribution in [3.63, 3.8) is 0 Å². The number of nitrogens with one attached hydrogen (secondary N) is 1. The van der Waals surface area contributed by atoms with Gasteiger partial charge < -0.3 is 10.2 Å². The fraction of sp³-hybridized carbons (Fsp3) is 1.00. The fourth-order valence-electron chi connectivity index (χ4n) is 2.68. The van der Waals surface area contributed by atoms with Crippen LogP contribution in [0.4, 0.5) is 0 Å². The van der Waals surface area contributed by atoms with E-state index in [4.69, 9.17) is 0 Å². The molecule has 0 aromatic rings. The van der Waals surface area contributed by atoms with Gasteiger partial charge in [-0.3, -0.25) is 0 Å². The molecule has 0 aromatic carbocycles. The molecule has 2 nitrogen and oxygen atoms in total. The van der Waals surface area contributed by atoms with Gasteiger partial charge in [0.2, 0.25) is 0 Å². The molecule has 17 heavy (non-hydrogen) atoms. The Balaban J connectivity index is 2.31. The molecule has 0 spiro atoms. The number of nitrogens with zero attached hydrogens (tertiary/aromatic N) is 1. The molecule has 1 aliphatic rings. The number of hydrogen-bond donors (Lipinski definition) is 1. The van der Waals surface area contributed by atoms with Crippen LogP contribution in [-0.4, -0.2) is 37.1 Å². The molecule has 1 aliphatic heterocycles. The lowest BCUT2D eigenvalue weighted by Gasteiger charge is -2.32. The zero-order valence-corrected chi connectivity index (χ0v) is 12.3. The van der Waals surface area contributed by atoms with Crippen molar-refractivity contribution in [1.29, 1.82) is 0 Å². The van der Waals surface area contributed by atoms with Gasteiger partial charge in [-0.05, 0) is 57.2 Å². The maximum atomic E-state index is 3.69. The van der Waals surface area contributed by atoms with E-state index in [9.17, 15) is 0 Å². The summed E-state index contributed by atoms with van der Waals surface area (Å²) in [6.07, 6.45) is 5.34. The van der Waals surface area contributed by atoms with E-state index in [0.29, 0.717) is 0 Å². The maximum absolute atomic E-state index is 3.69. The first-order valence-corrected chi connectivity index (χ1v) is 7.57. The third kappa shape index (κ3) is 6.42. The Morgan fingerprint density at radius 1 is 1.35 bits per heavy atom. The van der Waals surface area contributed by atoms with E-state index in [1.54, 1.807) is 0 Å². The second kappa shape index (κ2) is 8.10. The molecule has 102 valence electrons. The van der Waals surface area contributed by atoms with Crippen LogP contribution < -0.4 is 5.32 Å². The molecule has 1 N–H and O–H groups in total. The van der Waals surface area contributed by atoms with E-state index in [-0.39, 0.29) is 0 Å². The highest BCUT2D eigenvalue weighted by Crippen LogP contribution is 2.11. The van der Waals surface area contributed by atoms with Crippen LogP contribution in [0, 0.1) is 11.8 Å². The lowest BCUT2D eigenvalue weighted by molar-refractivity contribution is 0.192. The molecular formula is C15H32N2. The summed E-state index contributed by atoms with van der Waals surface area (Å²) in [4.78, 5) is 2.69. The molecule has 0 aromatic heterocycles. The van der Waals surface area contributed by atoms with Gasteiger partial charge in [0.25, 0.3) is 0 Å². The van der Waals surface area contributed by atoms with Crippen molar-refractivity contribution in [2.24, 2.45) is 11.8 Å². The molecule has 2 atom stereocenters. The highest BCUT2D eigenvalue weighted by Gasteiger charge is 2.17. The van der Waals surface area contributed by atoms with Gasteiger partial charge in [-0.2, -0.15) is 0 Å². The van der Waals surface area contributed by atoms with Crippen LogP contribution in [0.25, 0.3) is 0 Å². The summed E-state index contributed by atoms with van der Waals surface area (Å²) >= 11 is 0. The van der Waals surface area contributed by atoms with E-state index < -0.39 is 0 Å². The molecule has 0 bridgehead atoms. The Bertz CT molecular complexity index is 191. The van der Waals surface area contributed by atoms with Crippen molar-refractivity contribution in [3.05, 3.63) is 0 Å². The predicted octanol–water partition coefficient (Wildman–Crippen LogP) is 3.13. The van der Waals surface area contributed by atoms with Crippen LogP contribution in [0.3, 0.4) is 0 Å². The summed E-state index contributed by atoms with van der Waals surface area (Å²) in [6, 6.07) is 0.741. The van der Waals surface area contributed by atoms with Gasteiger partial charge in [0.1, 0.15) is 0 Å². The molecular weight excluding hydrogens is 208 g/mol. The Morgan fingerprint density at radius 2 is 2.12 bits per heavy atom. The molecule has 0 radical (unpaired) electrons. The largest absolute Gasteiger partial charge is 0.314 e. The average molecular weight is 240 g/mol. The summed E-state index contributed by atoms with van der Waals surface area (Å²) in [5, 5.41) is 3.69. The van der Waals surface area contributed by atoms with Crippen molar-refractivity contribution in [2.45, 2.75) is 59.4 Å². The van der Waals surface area contributed by atoms with Crippen molar-refractivity contribution in [3.8, 4) is 0 Å². The van der Waals surface area contributed by atoms with Crippen molar-refractivity contribution in [2.75, 3.05) is 26.2 Å². The van der Waals surface area contributed by atoms with Crippen molar-refractivity contribution in [1.82, 2.24) is 10.2 Å². The van der Waals surface area contributed by atoms with Gasteiger partial charge in [-0.1, -0.05) is 27.7 Å². The summed E-state index contributed by atoms with van der Waals surface area (Å²) in [5.41, 5.74) is 0. The van der Waals surface area contributed by atoms with Crippen LogP contribution in [0.2, 0.25) is 0 Å². The zero-order chi connectivity index (χ0) is 12.7. The Hall–Kier alpha value is -0.0800. The maximum Gasteiger partial charge on any atom is 0.00767 e. The topological polar surface area (TPSA) is 15.3 Å². The van der Waals surface area contributed by atoms with Gasteiger partial charge in [0.05, 0.1) is 0 Å². The van der Waals surface area contributed by atoms with E-state index in [0.717, 1.165) is 17.9 Å². The highest BCUT2D eigenvalue weighted by molar-refractivity contribution is 4.75. The summed E-state index contributed by atoms with van der Waals surface area (Å²) < 4.78 is 0. The normalized spacial score (nSPS) is 28.1. The first-order valence-electron chi connectivity index (χ1n) is 7.57. The van der Waals surface area contributed by atoms with E-state index in [1.807, 2.05) is 0 Å². The molecule has 0 saturated carbocycles. The standard InChI is InChI=1S/C15H32N2/c1-5-15-8-10-17(9-6-7-13(2)3)12-14(4)11-16-15/h13-16H,5-12H2,1-4H3. The average Bonchev–Trinajstić information content (AvgIpc) is 2.25. The Morgan fingerprint density at radius 3 is 2.76 bits per heavy atom. The molecule has 1 saturated heterocycles. The van der Waals surface area contributed by atoms with E-state index >= 15 is 0 Å². The van der Waals surface area contributed by atoms with E-state index in [1.165, 1.54) is 51.9 Å². The molecule has 0 amide bonds. The quantitative estimate of drug-likeness (QED) is 0.794. The van der Waals surface area contributed by atoms with Crippen LogP contribution in [-0.2, 0) is 0 Å². The highest BCUT2D eigenvalue weighted by atomic mass is 15.1. The third-order valence-electron chi connectivity index (χ3n) is 3.87. The smallest absolute Gasteiger partial charge is 0.00767 e. The molecule has 0 aliphatic carbocycles. The Kier molecular flexibility index (Phi) is 7.14. The van der Waals surface area contributed by atoms with Gasteiger partial charge in [-0.15, -0.1) is 0 Å². The Labute approximate surface area is 108 Å². The number of hydrogen-bond acceptors (Lipinski definition) is 2. The first-order chi connectivity index (χ1) is 8.11. The summed E-state index contributed by atoms with van der Waals surface area (Å²) in [6.45, 7) is 14.4. The van der Waals surface area contributed by atoms with Gasteiger partial charge in [-0.25, -0.2) is 0 Å². The van der Waals surface area contributed by atoms with Gasteiger partial charge in [0, 0.05) is 12.6 Å². The first kappa shape index (κ1) is 15.0. The second-order valence-corrected chi connectivity index (χ2v) is 6.24. The molecule has 1 heterocycles. The van der Waals surface area contributed by atoms with Crippen LogP contribution in [0.15, 0.2) is 0 Å². The third-order valence-corrected chi connectivity index (χ3v) is 3.87. The monoisotopic (exact) mass is 240 g/mol. The molecule has 2 unspecified atom stereocenters. The van der Waals surface area contributed by atoms with Crippen LogP contribution in [0.5, 0.6) is 0 Å². The van der Waals surface area contributed by atoms with E-state index in [2.05, 4.69) is 37.9 Å². The minimum atomic E-state index is 0.741. The minimum Gasteiger partial charge on any atom is -0.314 e. The van der Waals surface area contributed by atoms with Crippen LogP contribution >= 0.6 is 0 Å². The fourth-order valence-corrected chi connectivity index (χ4v) is 2.68. The van der Waals surface area contributed by atoms with Gasteiger partial charge in [0.15, 0.2) is 0 Å². The van der Waals surface area contributed by atoms with Crippen molar-refractivity contribution >= 4 is 0 Å². The summed E-state index contributed by atoms with van der Waals surface area (Å²) in [7, 11) is 0. The lowest BCUT2D eigenvalue weighted by Crippen LogP contribution is -2.43. The van der Waals surface area contributed by atoms with Crippen LogP contribution in [0.1, 0.15) is 53.4 Å². The zero-order valence-electron chi connectivity index (χ0n) is 12.3.